The quantitative estimate of drug-likeness (QED) is 0.580. The fourth-order valence-electron chi connectivity index (χ4n) is 3.39. The van der Waals surface area contributed by atoms with Gasteiger partial charge in [0.2, 0.25) is 11.9 Å². The summed E-state index contributed by atoms with van der Waals surface area (Å²) < 4.78 is 20.7. The molecule has 0 aliphatic carbocycles. The van der Waals surface area contributed by atoms with E-state index in [2.05, 4.69) is 10.3 Å². The van der Waals surface area contributed by atoms with Gasteiger partial charge in [0, 0.05) is 0 Å². The number of halogens is 1. The van der Waals surface area contributed by atoms with Crippen molar-refractivity contribution in [3.05, 3.63) is 59.9 Å². The fraction of sp³-hybridized carbons (Fsp3) is 0.211. The van der Waals surface area contributed by atoms with Crippen molar-refractivity contribution < 1.29 is 18.7 Å². The Hall–Kier alpha value is -3.22. The average molecular weight is 353 g/mol. The van der Waals surface area contributed by atoms with E-state index in [9.17, 15) is 14.0 Å². The Morgan fingerprint density at radius 3 is 2.85 bits per heavy atom. The summed E-state index contributed by atoms with van der Waals surface area (Å²) in [5.41, 5.74) is 1.92. The third-order valence-electron chi connectivity index (χ3n) is 4.44. The van der Waals surface area contributed by atoms with Crippen molar-refractivity contribution in [2.24, 2.45) is 5.92 Å². The maximum absolute atomic E-state index is 13.9. The van der Waals surface area contributed by atoms with Gasteiger partial charge in [0.1, 0.15) is 5.82 Å². The van der Waals surface area contributed by atoms with E-state index >= 15 is 0 Å². The van der Waals surface area contributed by atoms with Crippen LogP contribution in [-0.4, -0.2) is 28.0 Å². The molecule has 1 aliphatic rings. The Kier molecular flexibility index (Phi) is 3.91. The summed E-state index contributed by atoms with van der Waals surface area (Å²) in [4.78, 5) is 29.6. The third kappa shape index (κ3) is 2.52. The maximum atomic E-state index is 13.9. The summed E-state index contributed by atoms with van der Waals surface area (Å²) in [6, 6.07) is 12.5. The first-order chi connectivity index (χ1) is 12.6. The van der Waals surface area contributed by atoms with Gasteiger partial charge in [0.25, 0.3) is 0 Å². The maximum Gasteiger partial charge on any atom is 0.321 e. The molecule has 0 saturated carbocycles. The number of hydrogen-bond donors (Lipinski definition) is 1. The van der Waals surface area contributed by atoms with E-state index in [0.29, 0.717) is 17.0 Å². The van der Waals surface area contributed by atoms with Crippen LogP contribution >= 0.6 is 0 Å². The zero-order valence-corrected chi connectivity index (χ0v) is 14.0. The molecule has 132 valence electrons. The van der Waals surface area contributed by atoms with Gasteiger partial charge < -0.3 is 9.30 Å². The SMILES string of the molecule is CCOC(=O)[C@@H]1C(=O)Nc2nc3ccccc3n2[C@@H]1c1cccc(F)c1. The Balaban J connectivity index is 1.97. The largest absolute Gasteiger partial charge is 0.465 e. The van der Waals surface area contributed by atoms with Crippen molar-refractivity contribution in [3.63, 3.8) is 0 Å². The van der Waals surface area contributed by atoms with Gasteiger partial charge in [-0.05, 0) is 36.8 Å². The summed E-state index contributed by atoms with van der Waals surface area (Å²) in [6.45, 7) is 1.82. The molecule has 0 bridgehead atoms. The van der Waals surface area contributed by atoms with E-state index in [-0.39, 0.29) is 6.61 Å². The first-order valence-electron chi connectivity index (χ1n) is 8.30. The molecule has 2 aromatic carbocycles. The highest BCUT2D eigenvalue weighted by atomic mass is 19.1. The van der Waals surface area contributed by atoms with Gasteiger partial charge >= 0.3 is 5.97 Å². The van der Waals surface area contributed by atoms with Crippen LogP contribution < -0.4 is 5.32 Å². The molecule has 1 aliphatic heterocycles. The van der Waals surface area contributed by atoms with Gasteiger partial charge in [-0.15, -0.1) is 0 Å². The van der Waals surface area contributed by atoms with Crippen LogP contribution in [0.25, 0.3) is 11.0 Å². The number of carbonyl (C=O) groups is 2. The lowest BCUT2D eigenvalue weighted by molar-refractivity contribution is -0.152. The summed E-state index contributed by atoms with van der Waals surface area (Å²) in [5, 5.41) is 2.67. The molecular weight excluding hydrogens is 337 g/mol. The number of esters is 1. The highest BCUT2D eigenvalue weighted by Crippen LogP contribution is 2.38. The van der Waals surface area contributed by atoms with Crippen molar-refractivity contribution >= 4 is 28.9 Å². The molecule has 0 spiro atoms. The van der Waals surface area contributed by atoms with Gasteiger partial charge in [-0.2, -0.15) is 0 Å². The lowest BCUT2D eigenvalue weighted by Crippen LogP contribution is -2.43. The minimum absolute atomic E-state index is 0.149. The Labute approximate surface area is 148 Å². The van der Waals surface area contributed by atoms with Crippen molar-refractivity contribution in [3.8, 4) is 0 Å². The lowest BCUT2D eigenvalue weighted by atomic mass is 9.90. The van der Waals surface area contributed by atoms with Crippen LogP contribution in [-0.2, 0) is 14.3 Å². The Morgan fingerprint density at radius 2 is 2.08 bits per heavy atom. The number of para-hydroxylation sites is 2. The van der Waals surface area contributed by atoms with Crippen LogP contribution in [0, 0.1) is 11.7 Å². The van der Waals surface area contributed by atoms with Crippen molar-refractivity contribution in [2.75, 3.05) is 11.9 Å². The summed E-state index contributed by atoms with van der Waals surface area (Å²) in [5.74, 6) is -2.42. The monoisotopic (exact) mass is 353 g/mol. The molecule has 0 unspecified atom stereocenters. The zero-order valence-electron chi connectivity index (χ0n) is 14.0. The molecule has 4 rings (SSSR count). The normalized spacial score (nSPS) is 19.1. The molecule has 0 radical (unpaired) electrons. The van der Waals surface area contributed by atoms with Gasteiger partial charge in [-0.25, -0.2) is 9.37 Å². The molecule has 1 N–H and O–H groups in total. The van der Waals surface area contributed by atoms with Crippen LogP contribution in [0.1, 0.15) is 18.5 Å². The second-order valence-electron chi connectivity index (χ2n) is 6.01. The molecule has 2 atom stereocenters. The first kappa shape index (κ1) is 16.3. The molecule has 0 saturated heterocycles. The number of benzene rings is 2. The predicted octanol–water partition coefficient (Wildman–Crippen LogP) is 2.90. The van der Waals surface area contributed by atoms with Crippen LogP contribution in [0.3, 0.4) is 0 Å². The highest BCUT2D eigenvalue weighted by molar-refractivity contribution is 6.07. The van der Waals surface area contributed by atoms with Gasteiger partial charge in [-0.1, -0.05) is 24.3 Å². The van der Waals surface area contributed by atoms with Crippen molar-refractivity contribution in [1.82, 2.24) is 9.55 Å². The molecule has 0 fully saturated rings. The van der Waals surface area contributed by atoms with Crippen molar-refractivity contribution in [1.29, 1.82) is 0 Å². The second kappa shape index (κ2) is 6.25. The lowest BCUT2D eigenvalue weighted by Gasteiger charge is -2.32. The number of carbonyl (C=O) groups excluding carboxylic acids is 2. The van der Waals surface area contributed by atoms with Gasteiger partial charge in [0.15, 0.2) is 5.92 Å². The van der Waals surface area contributed by atoms with Gasteiger partial charge in [-0.3, -0.25) is 14.9 Å². The molecule has 2 heterocycles. The van der Waals surface area contributed by atoms with E-state index in [0.717, 1.165) is 5.52 Å². The van der Waals surface area contributed by atoms with Crippen LogP contribution in [0.15, 0.2) is 48.5 Å². The minimum Gasteiger partial charge on any atom is -0.465 e. The van der Waals surface area contributed by atoms with E-state index in [1.807, 2.05) is 24.3 Å². The number of imidazole rings is 1. The van der Waals surface area contributed by atoms with E-state index in [1.54, 1.807) is 23.6 Å². The fourth-order valence-corrected chi connectivity index (χ4v) is 3.39. The van der Waals surface area contributed by atoms with E-state index in [1.165, 1.54) is 12.1 Å². The Bertz CT molecular complexity index is 1010. The number of aromatic nitrogens is 2. The topological polar surface area (TPSA) is 73.2 Å². The Morgan fingerprint density at radius 1 is 1.27 bits per heavy atom. The number of amides is 1. The predicted molar refractivity (Wildman–Crippen MR) is 93.0 cm³/mol. The highest BCUT2D eigenvalue weighted by Gasteiger charge is 2.44. The summed E-state index contributed by atoms with van der Waals surface area (Å²) in [7, 11) is 0. The van der Waals surface area contributed by atoms with Gasteiger partial charge in [0.05, 0.1) is 23.7 Å². The number of rotatable bonds is 3. The molecule has 7 heteroatoms. The molecule has 1 amide bonds. The van der Waals surface area contributed by atoms with Crippen LogP contribution in [0.5, 0.6) is 0 Å². The number of nitrogens with one attached hydrogen (secondary N) is 1. The number of nitrogens with zero attached hydrogens (tertiary/aromatic N) is 2. The summed E-state index contributed by atoms with van der Waals surface area (Å²) >= 11 is 0. The molecule has 1 aromatic heterocycles. The smallest absolute Gasteiger partial charge is 0.321 e. The second-order valence-corrected chi connectivity index (χ2v) is 6.01. The summed E-state index contributed by atoms with van der Waals surface area (Å²) in [6.07, 6.45) is 0. The average Bonchev–Trinajstić information content (AvgIpc) is 2.98. The molecule has 26 heavy (non-hydrogen) atoms. The van der Waals surface area contributed by atoms with Crippen LogP contribution in [0.4, 0.5) is 10.3 Å². The number of fused-ring (bicyclic) bond motifs is 3. The number of anilines is 1. The van der Waals surface area contributed by atoms with Crippen molar-refractivity contribution in [2.45, 2.75) is 13.0 Å². The minimum atomic E-state index is -1.14. The first-order valence-corrected chi connectivity index (χ1v) is 8.30. The molecule has 3 aromatic rings. The molecule has 6 nitrogen and oxygen atoms in total. The van der Waals surface area contributed by atoms with E-state index in [4.69, 9.17) is 4.74 Å². The number of ether oxygens (including phenoxy) is 1. The third-order valence-corrected chi connectivity index (χ3v) is 4.44. The van der Waals surface area contributed by atoms with E-state index < -0.39 is 29.7 Å². The molecular formula is C19H16FN3O3. The standard InChI is InChI=1S/C19H16FN3O3/c1-2-26-18(25)15-16(11-6-5-7-12(20)10-11)23-14-9-4-3-8-13(14)21-19(23)22-17(15)24/h3-10,15-16H,2H2,1H3,(H,21,22,24)/t15-,16+/m0/s1. The zero-order chi connectivity index (χ0) is 18.3. The number of hydrogen-bond acceptors (Lipinski definition) is 4. The van der Waals surface area contributed by atoms with Crippen LogP contribution in [0.2, 0.25) is 0 Å².